The summed E-state index contributed by atoms with van der Waals surface area (Å²) in [5.74, 6) is 0.623. The van der Waals surface area contributed by atoms with Gasteiger partial charge >= 0.3 is 0 Å². The maximum absolute atomic E-state index is 12.7. The number of nitrogens with one attached hydrogen (secondary N) is 1. The van der Waals surface area contributed by atoms with E-state index in [0.717, 1.165) is 5.56 Å². The summed E-state index contributed by atoms with van der Waals surface area (Å²) >= 11 is 6.23. The molecule has 0 saturated carbocycles. The summed E-state index contributed by atoms with van der Waals surface area (Å²) in [5, 5.41) is 17.0. The lowest BCUT2D eigenvalue weighted by molar-refractivity contribution is -0.129. The molecular weight excluding hydrogens is 392 g/mol. The number of pyridine rings is 1. The molecule has 0 aromatic carbocycles. The first-order valence-electron chi connectivity index (χ1n) is 9.56. The third-order valence-electron chi connectivity index (χ3n) is 5.07. The van der Waals surface area contributed by atoms with Gasteiger partial charge in [-0.25, -0.2) is 4.98 Å². The highest BCUT2D eigenvalue weighted by Crippen LogP contribution is 2.38. The van der Waals surface area contributed by atoms with E-state index in [1.807, 2.05) is 28.0 Å². The largest absolute Gasteiger partial charge is 0.383 e. The molecule has 3 heterocycles. The number of ether oxygens (including phenoxy) is 1. The summed E-state index contributed by atoms with van der Waals surface area (Å²) in [4.78, 5) is 18.8. The summed E-state index contributed by atoms with van der Waals surface area (Å²) in [6, 6.07) is 3.73. The van der Waals surface area contributed by atoms with E-state index in [4.69, 9.17) is 21.6 Å². The van der Waals surface area contributed by atoms with E-state index in [0.29, 0.717) is 42.5 Å². The fourth-order valence-electron chi connectivity index (χ4n) is 3.60. The molecule has 29 heavy (non-hydrogen) atoms. The second-order valence-corrected chi connectivity index (χ2v) is 7.79. The topological polar surface area (TPSA) is 96.1 Å². The zero-order chi connectivity index (χ0) is 21.0. The number of aromatic nitrogens is 3. The molecule has 0 radical (unpaired) electrons. The van der Waals surface area contributed by atoms with Gasteiger partial charge in [-0.2, -0.15) is 10.4 Å². The number of nitrogens with zero attached hydrogens (tertiary/aromatic N) is 5. The second-order valence-electron chi connectivity index (χ2n) is 7.38. The number of hydrogen-bond acceptors (Lipinski definition) is 6. The van der Waals surface area contributed by atoms with E-state index in [1.165, 1.54) is 6.20 Å². The van der Waals surface area contributed by atoms with Gasteiger partial charge in [0.05, 0.1) is 29.4 Å². The van der Waals surface area contributed by atoms with Crippen LogP contribution in [0.3, 0.4) is 0 Å². The number of nitriles is 1. The predicted molar refractivity (Wildman–Crippen MR) is 110 cm³/mol. The van der Waals surface area contributed by atoms with E-state index in [2.05, 4.69) is 29.2 Å². The number of rotatable bonds is 8. The molecular formula is C20H25ClN6O2. The van der Waals surface area contributed by atoms with Crippen LogP contribution in [0.5, 0.6) is 0 Å². The summed E-state index contributed by atoms with van der Waals surface area (Å²) in [6.45, 7) is 5.65. The zero-order valence-electron chi connectivity index (χ0n) is 16.8. The third-order valence-corrected chi connectivity index (χ3v) is 5.36. The number of carbonyl (C=O) groups is 1. The molecule has 0 bridgehead atoms. The van der Waals surface area contributed by atoms with Crippen LogP contribution >= 0.6 is 11.6 Å². The number of amides is 1. The first-order valence-corrected chi connectivity index (χ1v) is 9.94. The molecule has 0 spiro atoms. The van der Waals surface area contributed by atoms with E-state index in [-0.39, 0.29) is 23.9 Å². The molecule has 1 aliphatic rings. The molecule has 2 atom stereocenters. The van der Waals surface area contributed by atoms with Gasteiger partial charge in [-0.15, -0.1) is 0 Å². The van der Waals surface area contributed by atoms with Gasteiger partial charge in [0.15, 0.2) is 0 Å². The number of likely N-dealkylation sites (tertiary alicyclic amines) is 1. The Morgan fingerprint density at radius 2 is 2.24 bits per heavy atom. The molecule has 1 fully saturated rings. The lowest BCUT2D eigenvalue weighted by Crippen LogP contribution is -2.33. The van der Waals surface area contributed by atoms with Crippen molar-refractivity contribution in [3.05, 3.63) is 40.8 Å². The average Bonchev–Trinajstić information content (AvgIpc) is 3.30. The number of hydrogen-bond donors (Lipinski definition) is 1. The van der Waals surface area contributed by atoms with Crippen molar-refractivity contribution in [3.63, 3.8) is 0 Å². The van der Waals surface area contributed by atoms with Gasteiger partial charge in [-0.05, 0) is 19.9 Å². The Hall–Kier alpha value is -2.63. The van der Waals surface area contributed by atoms with Crippen LogP contribution in [-0.2, 0) is 9.53 Å². The minimum absolute atomic E-state index is 0.0256. The van der Waals surface area contributed by atoms with Gasteiger partial charge in [-0.1, -0.05) is 11.6 Å². The molecule has 2 aromatic heterocycles. The maximum atomic E-state index is 12.7. The summed E-state index contributed by atoms with van der Waals surface area (Å²) in [7, 11) is 1.63. The Morgan fingerprint density at radius 1 is 1.45 bits per heavy atom. The molecule has 2 aromatic rings. The van der Waals surface area contributed by atoms with Crippen LogP contribution in [0.25, 0.3) is 0 Å². The Kier molecular flexibility index (Phi) is 6.72. The van der Waals surface area contributed by atoms with E-state index >= 15 is 0 Å². The smallest absolute Gasteiger partial charge is 0.223 e. The van der Waals surface area contributed by atoms with Crippen LogP contribution in [-0.4, -0.2) is 52.4 Å². The highest BCUT2D eigenvalue weighted by Gasteiger charge is 2.41. The molecule has 8 nitrogen and oxygen atoms in total. The third kappa shape index (κ3) is 4.69. The quantitative estimate of drug-likeness (QED) is 0.710. The fourth-order valence-corrected chi connectivity index (χ4v) is 3.83. The average molecular weight is 417 g/mol. The highest BCUT2D eigenvalue weighted by molar-refractivity contribution is 6.33. The van der Waals surface area contributed by atoms with Crippen LogP contribution in [0.1, 0.15) is 43.5 Å². The molecule has 1 amide bonds. The Balaban J connectivity index is 1.81. The van der Waals surface area contributed by atoms with Gasteiger partial charge in [0.25, 0.3) is 0 Å². The highest BCUT2D eigenvalue weighted by atomic mass is 35.5. The Bertz CT molecular complexity index is 907. The van der Waals surface area contributed by atoms with Crippen molar-refractivity contribution in [1.82, 2.24) is 19.7 Å². The number of carbonyl (C=O) groups excluding carboxylic acids is 1. The van der Waals surface area contributed by atoms with Crippen LogP contribution in [0.15, 0.2) is 24.7 Å². The van der Waals surface area contributed by atoms with E-state index in [9.17, 15) is 4.79 Å². The maximum Gasteiger partial charge on any atom is 0.223 e. The SMILES string of the molecule is COCCN1C(=O)C[C@@H](CNc2ncc(C#N)cc2Cl)[C@@H]1c1cnn(C(C)C)c1. The van der Waals surface area contributed by atoms with Gasteiger partial charge in [0.1, 0.15) is 11.9 Å². The van der Waals surface area contributed by atoms with Crippen molar-refractivity contribution in [2.75, 3.05) is 32.1 Å². The van der Waals surface area contributed by atoms with E-state index in [1.54, 1.807) is 13.2 Å². The molecule has 154 valence electrons. The molecule has 9 heteroatoms. The minimum Gasteiger partial charge on any atom is -0.383 e. The molecule has 3 rings (SSSR count). The van der Waals surface area contributed by atoms with Crippen LogP contribution in [0.4, 0.5) is 5.82 Å². The van der Waals surface area contributed by atoms with Crippen molar-refractivity contribution in [2.24, 2.45) is 5.92 Å². The number of methoxy groups -OCH3 is 1. The first-order chi connectivity index (χ1) is 13.9. The van der Waals surface area contributed by atoms with Crippen molar-refractivity contribution >= 4 is 23.3 Å². The number of anilines is 1. The van der Waals surface area contributed by atoms with Crippen LogP contribution in [0, 0.1) is 17.2 Å². The summed E-state index contributed by atoms with van der Waals surface area (Å²) in [5.41, 5.74) is 1.41. The second kappa shape index (κ2) is 9.25. The Morgan fingerprint density at radius 3 is 2.86 bits per heavy atom. The zero-order valence-corrected chi connectivity index (χ0v) is 17.6. The minimum atomic E-state index is -0.102. The van der Waals surface area contributed by atoms with Gasteiger partial charge < -0.3 is 15.0 Å². The summed E-state index contributed by atoms with van der Waals surface area (Å²) < 4.78 is 7.10. The van der Waals surface area contributed by atoms with Crippen molar-refractivity contribution in [3.8, 4) is 6.07 Å². The normalized spacial score (nSPS) is 19.0. The van der Waals surface area contributed by atoms with Gasteiger partial charge in [0.2, 0.25) is 5.91 Å². The Labute approximate surface area is 175 Å². The van der Waals surface area contributed by atoms with Crippen LogP contribution < -0.4 is 5.32 Å². The standard InChI is InChI=1S/C20H25ClN6O2/c1-13(2)27-12-16(11-25-27)19-15(7-18(28)26(19)4-5-29-3)10-24-20-17(21)6-14(8-22)9-23-20/h6,9,11-13,15,19H,4-5,7,10H2,1-3H3,(H,23,24)/t15-,19+/m0/s1. The van der Waals surface area contributed by atoms with Crippen molar-refractivity contribution in [2.45, 2.75) is 32.4 Å². The summed E-state index contributed by atoms with van der Waals surface area (Å²) in [6.07, 6.45) is 5.74. The van der Waals surface area contributed by atoms with Gasteiger partial charge in [0, 0.05) is 56.5 Å². The molecule has 1 N–H and O–H groups in total. The van der Waals surface area contributed by atoms with Crippen molar-refractivity contribution in [1.29, 1.82) is 5.26 Å². The molecule has 1 aliphatic heterocycles. The van der Waals surface area contributed by atoms with E-state index < -0.39 is 0 Å². The lowest BCUT2D eigenvalue weighted by atomic mass is 9.95. The van der Waals surface area contributed by atoms with Gasteiger partial charge in [-0.3, -0.25) is 9.48 Å². The lowest BCUT2D eigenvalue weighted by Gasteiger charge is -2.27. The number of halogens is 1. The predicted octanol–water partition coefficient (Wildman–Crippen LogP) is 3.03. The van der Waals surface area contributed by atoms with Crippen LogP contribution in [0.2, 0.25) is 5.02 Å². The molecule has 0 unspecified atom stereocenters. The fraction of sp³-hybridized carbons (Fsp3) is 0.500. The molecule has 1 saturated heterocycles. The monoisotopic (exact) mass is 416 g/mol. The first kappa shape index (κ1) is 21.1. The van der Waals surface area contributed by atoms with Crippen molar-refractivity contribution < 1.29 is 9.53 Å². The molecule has 0 aliphatic carbocycles.